The number of unbranched alkanes of at least 4 members (excludes halogenated alkanes) is 45. The van der Waals surface area contributed by atoms with Gasteiger partial charge >= 0.3 is 33.6 Å². The summed E-state index contributed by atoms with van der Waals surface area (Å²) >= 11 is 0. The lowest BCUT2D eigenvalue weighted by molar-refractivity contribution is -0.161. The van der Waals surface area contributed by atoms with Crippen LogP contribution in [0.5, 0.6) is 0 Å². The second kappa shape index (κ2) is 90.9. The summed E-state index contributed by atoms with van der Waals surface area (Å²) in [5.74, 6) is -1.56. The smallest absolute Gasteiger partial charge is 0.463 e. The van der Waals surface area contributed by atoms with Crippen LogP contribution in [-0.4, -0.2) is 95.9 Å². The molecule has 5 unspecified atom stereocenters. The molecule has 4 N–H and O–H groups in total. The summed E-state index contributed by atoms with van der Waals surface area (Å²) in [5, 5.41) is 20.7. The molecule has 0 aliphatic rings. The van der Waals surface area contributed by atoms with Gasteiger partial charge in [0.05, 0.1) is 26.4 Å². The number of hydrogen-bond donors (Lipinski definition) is 4. The van der Waals surface area contributed by atoms with Gasteiger partial charge in [-0.2, -0.15) is 0 Å². The van der Waals surface area contributed by atoms with Crippen molar-refractivity contribution in [2.24, 2.45) is 0 Å². The van der Waals surface area contributed by atoms with E-state index in [1.807, 2.05) is 0 Å². The van der Waals surface area contributed by atoms with Crippen molar-refractivity contribution in [2.75, 3.05) is 39.6 Å². The van der Waals surface area contributed by atoms with E-state index < -0.39 is 91.5 Å². The maximum Gasteiger partial charge on any atom is 0.472 e. The van der Waals surface area contributed by atoms with Gasteiger partial charge in [-0.05, 0) is 135 Å². The maximum atomic E-state index is 13.0. The standard InChI is InChI=1S/C99H174O16P2/c1-4-7-10-13-16-19-22-25-28-30-32-34-36-38-40-42-44-45-46-47-49-51-52-54-56-58-60-62-65-67-70-73-76-79-82-85-97(102)109-88-94(100)89-111-116(105,106)112-90-95(101)91-113-117(107,108)114-93-96(115-99(104)87-84-81-78-75-72-69-64-27-24-21-18-15-12-9-6-3)92-110-98(103)86-83-80-77-74-71-68-66-63-61-59-57-55-53-50-48-43-41-39-37-35-33-31-29-26-23-20-17-14-11-8-5-2/h7-8,10-11,16-17,19-20,25-29,32-35,38-41,64,94-96,100-101H,4-6,9,12-15,18,21-24,30-31,36-37,42-63,65-93H2,1-3H3,(H,105,106)(H,107,108)/b10-7-,11-8-,19-16-,20-17-,28-25-,29-26-,34-32-,35-33-,40-38-,41-39-,64-27-. The Balaban J connectivity index is 4.40. The number of hydrogen-bond acceptors (Lipinski definition) is 14. The van der Waals surface area contributed by atoms with Crippen molar-refractivity contribution in [1.82, 2.24) is 0 Å². The number of aliphatic hydroxyl groups excluding tert-OH is 2. The van der Waals surface area contributed by atoms with Gasteiger partial charge in [0.2, 0.25) is 0 Å². The predicted octanol–water partition coefficient (Wildman–Crippen LogP) is 29.3. The molecule has 0 saturated carbocycles. The third-order valence-corrected chi connectivity index (χ3v) is 22.2. The van der Waals surface area contributed by atoms with E-state index in [-0.39, 0.29) is 19.3 Å². The Hall–Kier alpha value is -4.31. The second-order valence-corrected chi connectivity index (χ2v) is 34.7. The average Bonchev–Trinajstić information content (AvgIpc) is 0.886. The molecule has 0 fully saturated rings. The van der Waals surface area contributed by atoms with Crippen molar-refractivity contribution < 1.29 is 75.8 Å². The van der Waals surface area contributed by atoms with Crippen LogP contribution in [0.4, 0.5) is 0 Å². The molecule has 117 heavy (non-hydrogen) atoms. The molecular weight excluding hydrogens is 1510 g/mol. The van der Waals surface area contributed by atoms with Crippen LogP contribution in [0.25, 0.3) is 0 Å². The Bertz CT molecular complexity index is 2660. The van der Waals surface area contributed by atoms with E-state index in [1.54, 1.807) is 0 Å². The zero-order chi connectivity index (χ0) is 85.1. The van der Waals surface area contributed by atoms with Gasteiger partial charge in [-0.25, -0.2) is 9.13 Å². The van der Waals surface area contributed by atoms with Gasteiger partial charge in [0.1, 0.15) is 25.4 Å². The lowest BCUT2D eigenvalue weighted by atomic mass is 10.0. The number of ether oxygens (including phenoxy) is 3. The van der Waals surface area contributed by atoms with Crippen LogP contribution in [0.1, 0.15) is 419 Å². The fraction of sp³-hybridized carbons (Fsp3) is 0.747. The van der Waals surface area contributed by atoms with Gasteiger partial charge in [-0.15, -0.1) is 0 Å². The first-order valence-electron chi connectivity index (χ1n) is 47.5. The zero-order valence-electron chi connectivity index (χ0n) is 74.6. The topological polar surface area (TPSA) is 231 Å². The molecule has 18 heteroatoms. The molecule has 0 aromatic heterocycles. The quantitative estimate of drug-likeness (QED) is 0.0146. The number of allylic oxidation sites excluding steroid dienone is 22. The third kappa shape index (κ3) is 92.3. The van der Waals surface area contributed by atoms with Crippen LogP contribution in [0.2, 0.25) is 0 Å². The Morgan fingerprint density at radius 3 is 0.726 bits per heavy atom. The summed E-state index contributed by atoms with van der Waals surface area (Å²) in [7, 11) is -9.80. The van der Waals surface area contributed by atoms with Gasteiger partial charge in [0, 0.05) is 19.3 Å². The van der Waals surface area contributed by atoms with Gasteiger partial charge in [-0.1, -0.05) is 398 Å². The first-order valence-corrected chi connectivity index (χ1v) is 50.5. The lowest BCUT2D eigenvalue weighted by Gasteiger charge is -2.21. The number of phosphoric ester groups is 2. The summed E-state index contributed by atoms with van der Waals surface area (Å²) in [5.41, 5.74) is 0. The minimum absolute atomic E-state index is 0.0960. The van der Waals surface area contributed by atoms with Gasteiger partial charge in [-0.3, -0.25) is 32.5 Å². The monoisotopic (exact) mass is 1680 g/mol. The molecule has 0 aliphatic carbocycles. The summed E-state index contributed by atoms with van der Waals surface area (Å²) in [6, 6.07) is 0. The van der Waals surface area contributed by atoms with Crippen molar-refractivity contribution in [3.05, 3.63) is 134 Å². The minimum Gasteiger partial charge on any atom is -0.463 e. The highest BCUT2D eigenvalue weighted by molar-refractivity contribution is 7.47. The molecule has 0 bridgehead atoms. The van der Waals surface area contributed by atoms with Gasteiger partial charge in [0.25, 0.3) is 0 Å². The SMILES string of the molecule is CC/C=C\C/C=C\C/C=C\C/C=C\C/C=C\CCCCCCCCCCCCCCCCCCCCCC(=O)OCC(O)COP(=O)(O)OCC(O)COP(=O)(O)OCC(COC(=O)CCCCCCCCCCCCCCCCC/C=C\C/C=C\C/C=C\C/C=C\C/C=C\CC)OC(=O)CCCCCCC/C=C\CCCCCCCC. The number of esters is 3. The predicted molar refractivity (Wildman–Crippen MR) is 491 cm³/mol. The summed E-state index contributed by atoms with van der Waals surface area (Å²) in [4.78, 5) is 58.9. The number of phosphoric acid groups is 2. The summed E-state index contributed by atoms with van der Waals surface area (Å²) in [6.07, 6.45) is 114. The Kier molecular flexibility index (Phi) is 87.6. The van der Waals surface area contributed by atoms with Crippen LogP contribution in [0, 0.1) is 0 Å². The second-order valence-electron chi connectivity index (χ2n) is 31.8. The van der Waals surface area contributed by atoms with Crippen molar-refractivity contribution in [1.29, 1.82) is 0 Å². The molecule has 5 atom stereocenters. The molecule has 16 nitrogen and oxygen atoms in total. The summed E-state index contributed by atoms with van der Waals surface area (Å²) < 4.78 is 61.5. The fourth-order valence-electron chi connectivity index (χ4n) is 13.2. The molecule has 0 heterocycles. The van der Waals surface area contributed by atoms with Crippen LogP contribution >= 0.6 is 15.6 Å². The molecule has 0 saturated heterocycles. The molecule has 0 amide bonds. The van der Waals surface area contributed by atoms with E-state index in [4.69, 9.17) is 32.3 Å². The van der Waals surface area contributed by atoms with Gasteiger partial charge < -0.3 is 34.2 Å². The maximum absolute atomic E-state index is 13.0. The van der Waals surface area contributed by atoms with Crippen LogP contribution in [0.15, 0.2) is 134 Å². The highest BCUT2D eigenvalue weighted by atomic mass is 31.2. The third-order valence-electron chi connectivity index (χ3n) is 20.3. The van der Waals surface area contributed by atoms with Crippen molar-refractivity contribution in [3.8, 4) is 0 Å². The molecule has 0 spiro atoms. The summed E-state index contributed by atoms with van der Waals surface area (Å²) in [6.45, 7) is 2.51. The van der Waals surface area contributed by atoms with Crippen LogP contribution in [-0.2, 0) is 55.8 Å². The Labute approximate surface area is 715 Å². The van der Waals surface area contributed by atoms with E-state index in [9.17, 15) is 43.5 Å². The molecule has 0 aromatic rings. The highest BCUT2D eigenvalue weighted by Gasteiger charge is 2.30. The fourth-order valence-corrected chi connectivity index (χ4v) is 14.8. The first-order chi connectivity index (χ1) is 57.2. The lowest BCUT2D eigenvalue weighted by Crippen LogP contribution is -2.30. The largest absolute Gasteiger partial charge is 0.472 e. The zero-order valence-corrected chi connectivity index (χ0v) is 76.4. The molecular formula is C99H174O16P2. The van der Waals surface area contributed by atoms with Crippen LogP contribution in [0.3, 0.4) is 0 Å². The van der Waals surface area contributed by atoms with Crippen molar-refractivity contribution in [2.45, 2.75) is 437 Å². The van der Waals surface area contributed by atoms with Gasteiger partial charge in [0.15, 0.2) is 6.10 Å². The van der Waals surface area contributed by atoms with E-state index in [0.29, 0.717) is 19.3 Å². The minimum atomic E-state index is -4.94. The number of aliphatic hydroxyl groups is 2. The van der Waals surface area contributed by atoms with E-state index >= 15 is 0 Å². The highest BCUT2D eigenvalue weighted by Crippen LogP contribution is 2.45. The number of carbonyl (C=O) groups is 3. The van der Waals surface area contributed by atoms with Crippen molar-refractivity contribution in [3.63, 3.8) is 0 Å². The average molecular weight is 1680 g/mol. The first kappa shape index (κ1) is 113. The normalized spacial score (nSPS) is 14.4. The van der Waals surface area contributed by atoms with E-state index in [0.717, 1.165) is 141 Å². The molecule has 0 aliphatic heterocycles. The molecule has 0 rings (SSSR count). The Morgan fingerprint density at radius 2 is 0.453 bits per heavy atom. The molecule has 0 radical (unpaired) electrons. The number of rotatable bonds is 90. The molecule has 676 valence electrons. The van der Waals surface area contributed by atoms with E-state index in [1.165, 1.54) is 218 Å². The van der Waals surface area contributed by atoms with E-state index in [2.05, 4.69) is 154 Å². The number of carbonyl (C=O) groups excluding carboxylic acids is 3. The Morgan fingerprint density at radius 1 is 0.248 bits per heavy atom. The van der Waals surface area contributed by atoms with Crippen molar-refractivity contribution >= 4 is 33.6 Å². The van der Waals surface area contributed by atoms with Crippen LogP contribution < -0.4 is 0 Å². The molecule has 0 aromatic carbocycles.